The van der Waals surface area contributed by atoms with E-state index in [-0.39, 0.29) is 11.7 Å². The Hall–Kier alpha value is -1.95. The molecule has 1 heterocycles. The van der Waals surface area contributed by atoms with Crippen molar-refractivity contribution in [3.05, 3.63) is 28.7 Å². The van der Waals surface area contributed by atoms with E-state index < -0.39 is 0 Å². The number of ether oxygens (including phenoxy) is 1. The second-order valence-corrected chi connectivity index (χ2v) is 6.98. The highest BCUT2D eigenvalue weighted by molar-refractivity contribution is 8.18. The molecule has 0 bridgehead atoms. The van der Waals surface area contributed by atoms with Crippen molar-refractivity contribution < 1.29 is 14.6 Å². The van der Waals surface area contributed by atoms with Crippen molar-refractivity contribution in [3.8, 4) is 11.5 Å². The standard InChI is InChI=1S/C18H22N2O3S/c1-2-23-15-10-12(8-9-14(15)21)11-16-17(22)20-18(24-16)19-13-6-4-3-5-7-13/h8-11,13,21H,2-7H2,1H3,(H,19,20,22)/b16-11-. The molecule has 3 rings (SSSR count). The lowest BCUT2D eigenvalue weighted by molar-refractivity contribution is -0.115. The summed E-state index contributed by atoms with van der Waals surface area (Å²) in [7, 11) is 0. The first-order valence-electron chi connectivity index (χ1n) is 8.40. The summed E-state index contributed by atoms with van der Waals surface area (Å²) in [6, 6.07) is 5.40. The van der Waals surface area contributed by atoms with E-state index in [2.05, 4.69) is 10.3 Å². The molecule has 2 aliphatic rings. The summed E-state index contributed by atoms with van der Waals surface area (Å²) in [5, 5.41) is 13.3. The van der Waals surface area contributed by atoms with Gasteiger partial charge in [-0.2, -0.15) is 0 Å². The molecule has 0 radical (unpaired) electrons. The van der Waals surface area contributed by atoms with Gasteiger partial charge in [-0.05, 0) is 55.3 Å². The predicted octanol–water partition coefficient (Wildman–Crippen LogP) is 3.68. The van der Waals surface area contributed by atoms with Crippen LogP contribution in [-0.4, -0.2) is 28.8 Å². The number of hydrogen-bond donors (Lipinski definition) is 2. The van der Waals surface area contributed by atoms with E-state index in [1.807, 2.05) is 6.92 Å². The monoisotopic (exact) mass is 346 g/mol. The summed E-state index contributed by atoms with van der Waals surface area (Å²) in [6.45, 7) is 2.33. The molecule has 128 valence electrons. The number of benzene rings is 1. The molecule has 1 amide bonds. The van der Waals surface area contributed by atoms with E-state index in [4.69, 9.17) is 4.74 Å². The molecular weight excluding hydrogens is 324 g/mol. The van der Waals surface area contributed by atoms with Gasteiger partial charge in [0.25, 0.3) is 5.91 Å². The third kappa shape index (κ3) is 4.12. The average Bonchev–Trinajstić information content (AvgIpc) is 2.91. The number of amidine groups is 1. The maximum absolute atomic E-state index is 12.1. The van der Waals surface area contributed by atoms with Crippen LogP contribution in [0.1, 0.15) is 44.6 Å². The topological polar surface area (TPSA) is 70.9 Å². The number of amides is 1. The Balaban J connectivity index is 1.74. The normalized spacial score (nSPS) is 22.1. The van der Waals surface area contributed by atoms with Gasteiger partial charge in [0.15, 0.2) is 16.7 Å². The van der Waals surface area contributed by atoms with Gasteiger partial charge in [0.05, 0.1) is 17.6 Å². The van der Waals surface area contributed by atoms with Gasteiger partial charge in [0.1, 0.15) is 0 Å². The minimum Gasteiger partial charge on any atom is -0.504 e. The number of carbonyl (C=O) groups excluding carboxylic acids is 1. The lowest BCUT2D eigenvalue weighted by atomic mass is 9.96. The van der Waals surface area contributed by atoms with Crippen LogP contribution >= 0.6 is 11.8 Å². The molecule has 1 saturated carbocycles. The fraction of sp³-hybridized carbons (Fsp3) is 0.444. The Labute approximate surface area is 146 Å². The fourth-order valence-electron chi connectivity index (χ4n) is 2.91. The Morgan fingerprint density at radius 2 is 2.17 bits per heavy atom. The number of phenolic OH excluding ortho intramolecular Hbond substituents is 1. The molecule has 1 aromatic rings. The summed E-state index contributed by atoms with van der Waals surface area (Å²) in [5.41, 5.74) is 0.813. The van der Waals surface area contributed by atoms with Gasteiger partial charge in [0.2, 0.25) is 0 Å². The van der Waals surface area contributed by atoms with Gasteiger partial charge < -0.3 is 15.2 Å². The third-order valence-electron chi connectivity index (χ3n) is 4.11. The van der Waals surface area contributed by atoms with Crippen molar-refractivity contribution in [2.24, 2.45) is 4.99 Å². The molecule has 1 aromatic carbocycles. The molecule has 2 N–H and O–H groups in total. The molecule has 1 aliphatic carbocycles. The van der Waals surface area contributed by atoms with Gasteiger partial charge in [-0.15, -0.1) is 0 Å². The Morgan fingerprint density at radius 3 is 2.92 bits per heavy atom. The van der Waals surface area contributed by atoms with Gasteiger partial charge in [-0.25, -0.2) is 0 Å². The van der Waals surface area contributed by atoms with Crippen LogP contribution in [0.25, 0.3) is 6.08 Å². The Morgan fingerprint density at radius 1 is 1.38 bits per heavy atom. The van der Waals surface area contributed by atoms with E-state index in [1.54, 1.807) is 24.3 Å². The van der Waals surface area contributed by atoms with Crippen LogP contribution in [0.4, 0.5) is 0 Å². The number of hydrogen-bond acceptors (Lipinski definition) is 5. The smallest absolute Gasteiger partial charge is 0.264 e. The van der Waals surface area contributed by atoms with E-state index in [1.165, 1.54) is 31.0 Å². The molecule has 5 nitrogen and oxygen atoms in total. The number of rotatable bonds is 4. The van der Waals surface area contributed by atoms with Crippen molar-refractivity contribution in [1.29, 1.82) is 0 Å². The number of aliphatic imine (C=N–C) groups is 1. The Kier molecular flexibility index (Phi) is 5.45. The molecule has 1 aliphatic heterocycles. The van der Waals surface area contributed by atoms with Crippen molar-refractivity contribution in [2.75, 3.05) is 6.61 Å². The van der Waals surface area contributed by atoms with Crippen molar-refractivity contribution in [2.45, 2.75) is 45.1 Å². The van der Waals surface area contributed by atoms with Crippen LogP contribution in [0.5, 0.6) is 11.5 Å². The summed E-state index contributed by atoms with van der Waals surface area (Å²) < 4.78 is 5.38. The molecule has 1 saturated heterocycles. The molecule has 6 heteroatoms. The lowest BCUT2D eigenvalue weighted by Crippen LogP contribution is -2.22. The predicted molar refractivity (Wildman–Crippen MR) is 97.3 cm³/mol. The minimum absolute atomic E-state index is 0.0991. The maximum atomic E-state index is 12.1. The van der Waals surface area contributed by atoms with Crippen LogP contribution in [0, 0.1) is 0 Å². The average molecular weight is 346 g/mol. The first-order valence-corrected chi connectivity index (χ1v) is 9.22. The number of aromatic hydroxyl groups is 1. The van der Waals surface area contributed by atoms with E-state index >= 15 is 0 Å². The van der Waals surface area contributed by atoms with Crippen LogP contribution in [0.3, 0.4) is 0 Å². The zero-order valence-electron chi connectivity index (χ0n) is 13.7. The quantitative estimate of drug-likeness (QED) is 0.816. The molecule has 0 spiro atoms. The fourth-order valence-corrected chi connectivity index (χ4v) is 3.80. The highest BCUT2D eigenvalue weighted by Gasteiger charge is 2.25. The zero-order chi connectivity index (χ0) is 16.9. The molecule has 0 aromatic heterocycles. The molecule has 2 fully saturated rings. The lowest BCUT2D eigenvalue weighted by Gasteiger charge is -2.17. The number of thioether (sulfide) groups is 1. The van der Waals surface area contributed by atoms with Gasteiger partial charge in [0, 0.05) is 0 Å². The number of phenols is 1. The van der Waals surface area contributed by atoms with Gasteiger partial charge in [-0.1, -0.05) is 25.3 Å². The zero-order valence-corrected chi connectivity index (χ0v) is 14.6. The summed E-state index contributed by atoms with van der Waals surface area (Å²) in [5.74, 6) is 0.397. The van der Waals surface area contributed by atoms with Crippen molar-refractivity contribution in [1.82, 2.24) is 5.32 Å². The van der Waals surface area contributed by atoms with E-state index in [0.717, 1.165) is 18.4 Å². The number of carbonyl (C=O) groups is 1. The van der Waals surface area contributed by atoms with E-state index in [0.29, 0.717) is 28.5 Å². The van der Waals surface area contributed by atoms with Crippen LogP contribution in [0.2, 0.25) is 0 Å². The van der Waals surface area contributed by atoms with Crippen molar-refractivity contribution >= 4 is 28.9 Å². The summed E-state index contributed by atoms with van der Waals surface area (Å²) in [6.07, 6.45) is 7.73. The highest BCUT2D eigenvalue weighted by atomic mass is 32.2. The molecular formula is C18H22N2O3S. The number of nitrogens with zero attached hydrogens (tertiary/aromatic N) is 1. The maximum Gasteiger partial charge on any atom is 0.264 e. The van der Waals surface area contributed by atoms with Crippen LogP contribution in [-0.2, 0) is 4.79 Å². The third-order valence-corrected chi connectivity index (χ3v) is 5.03. The van der Waals surface area contributed by atoms with Gasteiger partial charge >= 0.3 is 0 Å². The summed E-state index contributed by atoms with van der Waals surface area (Å²) in [4.78, 5) is 17.4. The van der Waals surface area contributed by atoms with E-state index in [9.17, 15) is 9.90 Å². The minimum atomic E-state index is -0.124. The summed E-state index contributed by atoms with van der Waals surface area (Å²) >= 11 is 1.38. The largest absolute Gasteiger partial charge is 0.504 e. The first kappa shape index (κ1) is 16.9. The first-order chi connectivity index (χ1) is 11.7. The molecule has 0 unspecified atom stereocenters. The Bertz CT molecular complexity index is 679. The van der Waals surface area contributed by atoms with Crippen molar-refractivity contribution in [3.63, 3.8) is 0 Å². The second kappa shape index (κ2) is 7.75. The highest BCUT2D eigenvalue weighted by Crippen LogP contribution is 2.31. The SMILES string of the molecule is CCOc1cc(/C=C2\SC(=NC3CCCCC3)NC2=O)ccc1O. The second-order valence-electron chi connectivity index (χ2n) is 5.95. The van der Waals surface area contributed by atoms with Gasteiger partial charge in [-0.3, -0.25) is 9.79 Å². The van der Waals surface area contributed by atoms with Crippen LogP contribution in [0.15, 0.2) is 28.1 Å². The number of nitrogens with one attached hydrogen (secondary N) is 1. The van der Waals surface area contributed by atoms with Crippen LogP contribution < -0.4 is 10.1 Å². The molecule has 0 atom stereocenters. The molecule has 24 heavy (non-hydrogen) atoms.